The van der Waals surface area contributed by atoms with E-state index in [1.54, 1.807) is 7.11 Å². The summed E-state index contributed by atoms with van der Waals surface area (Å²) >= 11 is 0. The molecule has 3 atom stereocenters. The van der Waals surface area contributed by atoms with Gasteiger partial charge in [-0.3, -0.25) is 4.90 Å². The van der Waals surface area contributed by atoms with Gasteiger partial charge in [0.15, 0.2) is 0 Å². The van der Waals surface area contributed by atoms with Gasteiger partial charge in [0, 0.05) is 26.2 Å². The van der Waals surface area contributed by atoms with Gasteiger partial charge in [0.25, 0.3) is 0 Å². The number of piperidine rings is 1. The second-order valence-corrected chi connectivity index (χ2v) is 3.81. The molecule has 1 rings (SSSR count). The molecule has 1 fully saturated rings. The molecule has 2 N–H and O–H groups in total. The van der Waals surface area contributed by atoms with E-state index in [1.165, 1.54) is 0 Å². The molecule has 0 aromatic rings. The SMILES string of the molecule is COC1CCN(C(C)C#N)C(CN)C1. The number of nitrogens with two attached hydrogens (primary N) is 1. The molecule has 80 valence electrons. The van der Waals surface area contributed by atoms with Gasteiger partial charge in [-0.25, -0.2) is 0 Å². The average Bonchev–Trinajstić information content (AvgIpc) is 2.27. The molecule has 0 amide bonds. The third-order valence-electron chi connectivity index (χ3n) is 3.00. The summed E-state index contributed by atoms with van der Waals surface area (Å²) in [7, 11) is 1.74. The summed E-state index contributed by atoms with van der Waals surface area (Å²) in [6.07, 6.45) is 2.25. The van der Waals surface area contributed by atoms with Crippen LogP contribution in [0.3, 0.4) is 0 Å². The topological polar surface area (TPSA) is 62.3 Å². The van der Waals surface area contributed by atoms with Gasteiger partial charge in [0.05, 0.1) is 18.2 Å². The molecule has 1 saturated heterocycles. The highest BCUT2D eigenvalue weighted by molar-refractivity contribution is 4.94. The molecular formula is C10H19N3O. The van der Waals surface area contributed by atoms with Crippen molar-refractivity contribution in [3.8, 4) is 6.07 Å². The number of rotatable bonds is 3. The first-order valence-corrected chi connectivity index (χ1v) is 5.11. The van der Waals surface area contributed by atoms with Crippen molar-refractivity contribution in [2.45, 2.75) is 38.0 Å². The zero-order valence-electron chi connectivity index (χ0n) is 8.94. The second kappa shape index (κ2) is 5.30. The average molecular weight is 197 g/mol. The van der Waals surface area contributed by atoms with Gasteiger partial charge in [-0.1, -0.05) is 0 Å². The van der Waals surface area contributed by atoms with Crippen molar-refractivity contribution in [3.05, 3.63) is 0 Å². The second-order valence-electron chi connectivity index (χ2n) is 3.81. The molecule has 0 radical (unpaired) electrons. The summed E-state index contributed by atoms with van der Waals surface area (Å²) < 4.78 is 5.32. The molecule has 14 heavy (non-hydrogen) atoms. The van der Waals surface area contributed by atoms with E-state index in [4.69, 9.17) is 15.7 Å². The molecule has 1 aliphatic rings. The Morgan fingerprint density at radius 2 is 2.43 bits per heavy atom. The molecule has 0 aromatic carbocycles. The predicted molar refractivity (Wildman–Crippen MR) is 54.7 cm³/mol. The minimum absolute atomic E-state index is 0.0404. The molecule has 3 unspecified atom stereocenters. The van der Waals surface area contributed by atoms with Crippen LogP contribution in [-0.2, 0) is 4.74 Å². The smallest absolute Gasteiger partial charge is 0.0952 e. The molecule has 0 aromatic heterocycles. The quantitative estimate of drug-likeness (QED) is 0.708. The molecule has 1 aliphatic heterocycles. The van der Waals surface area contributed by atoms with Gasteiger partial charge < -0.3 is 10.5 Å². The third kappa shape index (κ3) is 2.44. The monoisotopic (exact) mass is 197 g/mol. The Balaban J connectivity index is 2.57. The number of methoxy groups -OCH3 is 1. The zero-order chi connectivity index (χ0) is 10.6. The van der Waals surface area contributed by atoms with Crippen LogP contribution in [0.4, 0.5) is 0 Å². The Morgan fingerprint density at radius 1 is 1.71 bits per heavy atom. The Kier molecular flexibility index (Phi) is 4.33. The maximum Gasteiger partial charge on any atom is 0.0952 e. The molecule has 0 saturated carbocycles. The number of ether oxygens (including phenoxy) is 1. The van der Waals surface area contributed by atoms with Crippen LogP contribution in [0.2, 0.25) is 0 Å². The Bertz CT molecular complexity index is 214. The molecule has 4 heteroatoms. The first kappa shape index (κ1) is 11.4. The van der Waals surface area contributed by atoms with E-state index in [0.717, 1.165) is 19.4 Å². The van der Waals surface area contributed by atoms with Crippen molar-refractivity contribution in [1.29, 1.82) is 5.26 Å². The number of hydrogen-bond acceptors (Lipinski definition) is 4. The number of nitriles is 1. The van der Waals surface area contributed by atoms with Crippen molar-refractivity contribution in [2.75, 3.05) is 20.2 Å². The van der Waals surface area contributed by atoms with Crippen molar-refractivity contribution >= 4 is 0 Å². The van der Waals surface area contributed by atoms with E-state index < -0.39 is 0 Å². The van der Waals surface area contributed by atoms with Crippen molar-refractivity contribution in [1.82, 2.24) is 4.90 Å². The van der Waals surface area contributed by atoms with Gasteiger partial charge in [-0.15, -0.1) is 0 Å². The van der Waals surface area contributed by atoms with E-state index in [9.17, 15) is 0 Å². The Hall–Kier alpha value is -0.630. The van der Waals surface area contributed by atoms with Crippen LogP contribution in [0.25, 0.3) is 0 Å². The summed E-state index contributed by atoms with van der Waals surface area (Å²) in [5, 5.41) is 8.86. The van der Waals surface area contributed by atoms with Gasteiger partial charge in [0.1, 0.15) is 0 Å². The molecule has 0 bridgehead atoms. The summed E-state index contributed by atoms with van der Waals surface area (Å²) in [5.41, 5.74) is 5.70. The van der Waals surface area contributed by atoms with Crippen LogP contribution in [0.15, 0.2) is 0 Å². The lowest BCUT2D eigenvalue weighted by atomic mass is 9.98. The Labute approximate surface area is 85.6 Å². The van der Waals surface area contributed by atoms with E-state index in [1.807, 2.05) is 6.92 Å². The van der Waals surface area contributed by atoms with Crippen molar-refractivity contribution in [3.63, 3.8) is 0 Å². The van der Waals surface area contributed by atoms with Gasteiger partial charge in [-0.05, 0) is 19.8 Å². The zero-order valence-corrected chi connectivity index (χ0v) is 8.94. The van der Waals surface area contributed by atoms with Gasteiger partial charge in [-0.2, -0.15) is 5.26 Å². The maximum absolute atomic E-state index is 8.86. The first-order chi connectivity index (χ1) is 6.72. The maximum atomic E-state index is 8.86. The van der Waals surface area contributed by atoms with Crippen LogP contribution in [0.5, 0.6) is 0 Å². The third-order valence-corrected chi connectivity index (χ3v) is 3.00. The Morgan fingerprint density at radius 3 is 2.93 bits per heavy atom. The number of hydrogen-bond donors (Lipinski definition) is 1. The number of likely N-dealkylation sites (tertiary alicyclic amines) is 1. The van der Waals surface area contributed by atoms with Crippen LogP contribution >= 0.6 is 0 Å². The van der Waals surface area contributed by atoms with E-state index >= 15 is 0 Å². The fourth-order valence-electron chi connectivity index (χ4n) is 2.06. The minimum Gasteiger partial charge on any atom is -0.381 e. The molecular weight excluding hydrogens is 178 g/mol. The standard InChI is InChI=1S/C10H19N3O/c1-8(6-11)13-4-3-10(14-2)5-9(13)7-12/h8-10H,3-5,7,12H2,1-2H3. The van der Waals surface area contributed by atoms with Crippen molar-refractivity contribution in [2.24, 2.45) is 5.73 Å². The van der Waals surface area contributed by atoms with Crippen LogP contribution in [0, 0.1) is 11.3 Å². The highest BCUT2D eigenvalue weighted by Crippen LogP contribution is 2.20. The van der Waals surface area contributed by atoms with Crippen LogP contribution in [-0.4, -0.2) is 43.3 Å². The van der Waals surface area contributed by atoms with E-state index in [0.29, 0.717) is 18.7 Å². The van der Waals surface area contributed by atoms with Gasteiger partial charge in [0.2, 0.25) is 0 Å². The fourth-order valence-corrected chi connectivity index (χ4v) is 2.06. The van der Waals surface area contributed by atoms with E-state index in [-0.39, 0.29) is 6.04 Å². The molecule has 0 aliphatic carbocycles. The lowest BCUT2D eigenvalue weighted by Gasteiger charge is -2.39. The fraction of sp³-hybridized carbons (Fsp3) is 0.900. The summed E-state index contributed by atoms with van der Waals surface area (Å²) in [5.74, 6) is 0. The molecule has 4 nitrogen and oxygen atoms in total. The molecule has 1 heterocycles. The normalized spacial score (nSPS) is 31.0. The van der Waals surface area contributed by atoms with Crippen LogP contribution in [0.1, 0.15) is 19.8 Å². The lowest BCUT2D eigenvalue weighted by molar-refractivity contribution is 0.00683. The van der Waals surface area contributed by atoms with Crippen molar-refractivity contribution < 1.29 is 4.74 Å². The molecule has 0 spiro atoms. The predicted octanol–water partition coefficient (Wildman–Crippen LogP) is 0.337. The van der Waals surface area contributed by atoms with Crippen LogP contribution < -0.4 is 5.73 Å². The minimum atomic E-state index is -0.0404. The van der Waals surface area contributed by atoms with E-state index in [2.05, 4.69) is 11.0 Å². The van der Waals surface area contributed by atoms with Gasteiger partial charge >= 0.3 is 0 Å². The lowest BCUT2D eigenvalue weighted by Crippen LogP contribution is -2.51. The number of nitrogens with zero attached hydrogens (tertiary/aromatic N) is 2. The summed E-state index contributed by atoms with van der Waals surface area (Å²) in [6.45, 7) is 3.44. The highest BCUT2D eigenvalue weighted by atomic mass is 16.5. The summed E-state index contributed by atoms with van der Waals surface area (Å²) in [4.78, 5) is 2.18. The first-order valence-electron chi connectivity index (χ1n) is 5.11. The highest BCUT2D eigenvalue weighted by Gasteiger charge is 2.30. The summed E-state index contributed by atoms with van der Waals surface area (Å²) in [6, 6.07) is 2.52. The largest absolute Gasteiger partial charge is 0.381 e.